The predicted molar refractivity (Wildman–Crippen MR) is 279 cm³/mol. The summed E-state index contributed by atoms with van der Waals surface area (Å²) in [6.07, 6.45) is 1.52. The lowest BCUT2D eigenvalue weighted by molar-refractivity contribution is -0.394. The van der Waals surface area contributed by atoms with Gasteiger partial charge in [0.15, 0.2) is 16.8 Å². The van der Waals surface area contributed by atoms with Crippen molar-refractivity contribution in [2.45, 2.75) is 67.8 Å². The maximum Gasteiger partial charge on any atom is 0.352 e. The lowest BCUT2D eigenvalue weighted by Crippen LogP contribution is -2.75. The number of carbonyl (C=O) groups is 4. The summed E-state index contributed by atoms with van der Waals surface area (Å²) in [5, 5.41) is 33.2. The fourth-order valence-electron chi connectivity index (χ4n) is 9.91. The summed E-state index contributed by atoms with van der Waals surface area (Å²) in [4.78, 5) is 87.7. The van der Waals surface area contributed by atoms with Crippen LogP contribution in [-0.4, -0.2) is 79.3 Å². The summed E-state index contributed by atoms with van der Waals surface area (Å²) in [7, 11) is 1.39. The van der Waals surface area contributed by atoms with Crippen molar-refractivity contribution in [2.24, 2.45) is 0 Å². The van der Waals surface area contributed by atoms with Gasteiger partial charge in [0.1, 0.15) is 58.7 Å². The number of hydrogen-bond donors (Lipinski definition) is 1. The van der Waals surface area contributed by atoms with Crippen molar-refractivity contribution >= 4 is 57.5 Å². The molecule has 5 aliphatic rings. The van der Waals surface area contributed by atoms with Crippen LogP contribution in [0.1, 0.15) is 59.2 Å². The summed E-state index contributed by atoms with van der Waals surface area (Å²) in [5.74, 6) is -0.605. The van der Waals surface area contributed by atoms with Gasteiger partial charge in [-0.05, 0) is 97.0 Å². The van der Waals surface area contributed by atoms with Crippen molar-refractivity contribution in [1.29, 1.82) is 0 Å². The number of hydrogen-bond acceptors (Lipinski definition) is 15. The number of methoxy groups -OCH3 is 1. The molecule has 2 atom stereocenters. The van der Waals surface area contributed by atoms with Crippen LogP contribution in [0.2, 0.25) is 0 Å². The fourth-order valence-corrected chi connectivity index (χ4v) is 11.8. The molecule has 3 heterocycles. The summed E-state index contributed by atoms with van der Waals surface area (Å²) in [5.41, 5.74) is 2.76. The molecule has 5 aromatic carbocycles. The molecule has 0 unspecified atom stereocenters. The number of aryl methyl sites for hydroxylation is 1. The number of rotatable bonds is 21. The first kappa shape index (κ1) is 50.8. The molecular formula is C57H47N3O15S. The third-order valence-electron chi connectivity index (χ3n) is 13.9. The molecule has 1 N–H and O–H groups in total. The van der Waals surface area contributed by atoms with Gasteiger partial charge in [-0.15, -0.1) is 11.8 Å². The average molecular weight is 1050 g/mol. The zero-order chi connectivity index (χ0) is 53.5. The molecule has 0 aromatic heterocycles. The Balaban J connectivity index is 0.792. The summed E-state index contributed by atoms with van der Waals surface area (Å²) in [6, 6.07) is 34.9. The molecule has 1 amide bonds. The Kier molecular flexibility index (Phi) is 13.8. The number of nitro benzene ring substituents is 2. The van der Waals surface area contributed by atoms with Crippen LogP contribution in [0, 0.1) is 27.2 Å². The van der Waals surface area contributed by atoms with Gasteiger partial charge in [0, 0.05) is 83.0 Å². The zero-order valence-electron chi connectivity index (χ0n) is 41.0. The smallest absolute Gasteiger partial charge is 0.352 e. The lowest BCUT2D eigenvalue weighted by atomic mass is 9.83. The molecule has 76 heavy (non-hydrogen) atoms. The van der Waals surface area contributed by atoms with E-state index in [1.807, 2.05) is 73.7 Å². The Labute approximate surface area is 437 Å². The highest BCUT2D eigenvalue weighted by Crippen LogP contribution is 2.65. The number of thioether (sulfide) groups is 1. The first-order valence-electron chi connectivity index (χ1n) is 24.2. The van der Waals surface area contributed by atoms with Gasteiger partial charge in [-0.3, -0.25) is 44.3 Å². The van der Waals surface area contributed by atoms with Crippen LogP contribution >= 0.6 is 11.8 Å². The molecule has 18 nitrogen and oxygen atoms in total. The monoisotopic (exact) mass is 1050 g/mol. The predicted octanol–water partition coefficient (Wildman–Crippen LogP) is 10.1. The van der Waals surface area contributed by atoms with Gasteiger partial charge in [-0.2, -0.15) is 0 Å². The number of carboxylic acids is 1. The summed E-state index contributed by atoms with van der Waals surface area (Å²) in [6.45, 7) is 2.15. The van der Waals surface area contributed by atoms with Gasteiger partial charge in [0.05, 0.1) is 22.5 Å². The van der Waals surface area contributed by atoms with Crippen LogP contribution in [0.15, 0.2) is 148 Å². The molecule has 1 spiro atoms. The van der Waals surface area contributed by atoms with E-state index in [0.29, 0.717) is 52.6 Å². The highest BCUT2D eigenvalue weighted by Gasteiger charge is 2.71. The molecule has 0 radical (unpaired) electrons. The highest BCUT2D eigenvalue weighted by atomic mass is 32.2. The molecule has 386 valence electrons. The Hall–Kier alpha value is -8.68. The molecule has 2 aliphatic carbocycles. The van der Waals surface area contributed by atoms with E-state index in [1.165, 1.54) is 35.9 Å². The number of ketones is 2. The minimum Gasteiger partial charge on any atom is -0.494 e. The van der Waals surface area contributed by atoms with Crippen molar-refractivity contribution in [2.75, 3.05) is 20.3 Å². The third-order valence-corrected chi connectivity index (χ3v) is 15.8. The molecular weight excluding hydrogens is 999 g/mol. The quantitative estimate of drug-likeness (QED) is 0.0176. The maximum absolute atomic E-state index is 13.9. The molecule has 1 saturated heterocycles. The third kappa shape index (κ3) is 9.89. The molecule has 19 heteroatoms. The van der Waals surface area contributed by atoms with Crippen LogP contribution in [0.5, 0.6) is 17.2 Å². The first-order valence-corrected chi connectivity index (χ1v) is 25.1. The minimum absolute atomic E-state index is 0.0568. The second-order valence-corrected chi connectivity index (χ2v) is 20.3. The number of aliphatic carboxylic acids is 1. The zero-order valence-corrected chi connectivity index (χ0v) is 41.8. The van der Waals surface area contributed by atoms with E-state index < -0.39 is 54.6 Å². The van der Waals surface area contributed by atoms with Crippen molar-refractivity contribution in [1.82, 2.24) is 4.90 Å². The van der Waals surface area contributed by atoms with Gasteiger partial charge >= 0.3 is 5.97 Å². The Morgan fingerprint density at radius 2 is 1.45 bits per heavy atom. The molecule has 10 rings (SSSR count). The Morgan fingerprint density at radius 1 is 0.776 bits per heavy atom. The summed E-state index contributed by atoms with van der Waals surface area (Å²) >= 11 is 1.46. The number of carboxylic acid groups (broad SMARTS) is 1. The van der Waals surface area contributed by atoms with E-state index in [9.17, 15) is 49.3 Å². The van der Waals surface area contributed by atoms with E-state index in [1.54, 1.807) is 30.3 Å². The second kappa shape index (κ2) is 20.6. The van der Waals surface area contributed by atoms with E-state index in [0.717, 1.165) is 51.4 Å². The van der Waals surface area contributed by atoms with Crippen LogP contribution in [0.3, 0.4) is 0 Å². The topological polar surface area (TPSA) is 245 Å². The second-order valence-electron chi connectivity index (χ2n) is 18.9. The number of benzene rings is 6. The average Bonchev–Trinajstić information content (AvgIpc) is 4.30. The van der Waals surface area contributed by atoms with Gasteiger partial charge in [-0.25, -0.2) is 4.79 Å². The van der Waals surface area contributed by atoms with E-state index in [2.05, 4.69) is 0 Å². The van der Waals surface area contributed by atoms with Gasteiger partial charge in [0.25, 0.3) is 17.3 Å². The minimum atomic E-state index is -1.47. The van der Waals surface area contributed by atoms with Crippen LogP contribution in [0.25, 0.3) is 33.4 Å². The van der Waals surface area contributed by atoms with Crippen molar-refractivity contribution < 1.29 is 57.5 Å². The SMILES string of the molecule is CO[C@@]1(CC(=O)Cc2ccccc2)C(=O)N2C(C(=O)O)=C(COc3ccc(COc4ccc5c(-c6ccc(OCCCC(=O)c7cc([N+](=O)[O-])cc([N+](=O)[O-])c7)cc6C)c6ccc(=O)cc-6oc5c4)cc3)C3(CC3)S[C@@H]21. The van der Waals surface area contributed by atoms with Crippen molar-refractivity contribution in [3.05, 3.63) is 191 Å². The van der Waals surface area contributed by atoms with Crippen LogP contribution in [-0.2, 0) is 32.1 Å². The Morgan fingerprint density at radius 3 is 2.12 bits per heavy atom. The van der Waals surface area contributed by atoms with Crippen molar-refractivity contribution in [3.63, 3.8) is 0 Å². The molecule has 0 bridgehead atoms. The number of amides is 1. The molecule has 3 aliphatic heterocycles. The number of carbonyl (C=O) groups excluding carboxylic acids is 3. The first-order chi connectivity index (χ1) is 36.6. The molecule has 2 fully saturated rings. The number of fused-ring (bicyclic) bond motifs is 3. The summed E-state index contributed by atoms with van der Waals surface area (Å²) < 4.78 is 29.9. The van der Waals surface area contributed by atoms with Crippen molar-refractivity contribution in [3.8, 4) is 39.7 Å². The molecule has 5 aromatic rings. The van der Waals surface area contributed by atoms with Crippen LogP contribution < -0.4 is 19.6 Å². The lowest BCUT2D eigenvalue weighted by Gasteiger charge is -2.57. The largest absolute Gasteiger partial charge is 0.494 e. The number of nitrogens with zero attached hydrogens (tertiary/aromatic N) is 3. The van der Waals surface area contributed by atoms with E-state index in [-0.39, 0.29) is 68.0 Å². The standard InChI is InChI=1S/C57H47N3O15S/c1-33-23-42(72-22-6-9-48(63)36-25-37(59(67)68)27-38(26-36)60(69)70)15-18-44(33)51-45-17-12-39(61)28-49(45)75-50-29-43(16-19-46(50)51)73-31-35-10-13-41(14-11-35)74-32-47-52(53(64)65)58-54(66)57(71-2,55(58)76-56(47)20-21-56)30-40(62)24-34-7-4-3-5-8-34/h3-5,7-8,10-19,23,25-29,55H,6,9,20-22,24,30-32H2,1-2H3,(H,64,65)/t55-,57+/m1/s1. The molecule has 1 saturated carbocycles. The van der Waals surface area contributed by atoms with Gasteiger partial charge < -0.3 is 28.5 Å². The number of β-lactam (4-membered cyclic amide) rings is 1. The van der Waals surface area contributed by atoms with Crippen LogP contribution in [0.4, 0.5) is 11.4 Å². The Bertz CT molecular complexity index is 3540. The van der Waals surface area contributed by atoms with E-state index >= 15 is 0 Å². The number of Topliss-reactive ketones (excluding diaryl/α,β-unsaturated/α-hetero) is 2. The van der Waals surface area contributed by atoms with Gasteiger partial charge in [-0.1, -0.05) is 48.5 Å². The van der Waals surface area contributed by atoms with Gasteiger partial charge in [0.2, 0.25) is 0 Å². The normalized spacial score (nSPS) is 17.3. The van der Waals surface area contributed by atoms with E-state index in [4.69, 9.17) is 23.4 Å². The fraction of sp³-hybridized carbons (Fsp3) is 0.246. The maximum atomic E-state index is 13.9. The number of ether oxygens (including phenoxy) is 4. The number of nitro groups is 2. The highest BCUT2D eigenvalue weighted by molar-refractivity contribution is 8.02. The number of non-ortho nitro benzene ring substituents is 2.